The molecule has 0 radical (unpaired) electrons. The van der Waals surface area contributed by atoms with Crippen LogP contribution in [0.15, 0.2) is 84.9 Å². The van der Waals surface area contributed by atoms with Crippen molar-refractivity contribution in [2.24, 2.45) is 0 Å². The molecule has 0 aliphatic rings. The molecule has 0 atom stereocenters. The zero-order valence-corrected chi connectivity index (χ0v) is 12.3. The first kappa shape index (κ1) is 13.7. The van der Waals surface area contributed by atoms with E-state index >= 15 is 0 Å². The van der Waals surface area contributed by atoms with Crippen LogP contribution in [0.3, 0.4) is 0 Å². The van der Waals surface area contributed by atoms with Gasteiger partial charge in [0.05, 0.1) is 0 Å². The van der Waals surface area contributed by atoms with Gasteiger partial charge in [0.15, 0.2) is 0 Å². The molecule has 0 fully saturated rings. The monoisotopic (exact) mass is 290 g/mol. The van der Waals surface area contributed by atoms with Crippen molar-refractivity contribution in [1.29, 1.82) is 0 Å². The maximum atomic E-state index is 6.00. The summed E-state index contributed by atoms with van der Waals surface area (Å²) in [5.41, 5.74) is 4.74. The van der Waals surface area contributed by atoms with Gasteiger partial charge in [-0.3, -0.25) is 0 Å². The minimum absolute atomic E-state index is 0.755. The number of hydrogen-bond donors (Lipinski definition) is 0. The Morgan fingerprint density at radius 2 is 1.14 bits per heavy atom. The predicted octanol–water partition coefficient (Wildman–Crippen LogP) is 5.93. The van der Waals surface area contributed by atoms with Crippen LogP contribution in [0.2, 0.25) is 5.02 Å². The second-order valence-corrected chi connectivity index (χ2v) is 5.28. The number of halogens is 1. The molecule has 102 valence electrons. The highest BCUT2D eigenvalue weighted by Crippen LogP contribution is 2.27. The van der Waals surface area contributed by atoms with E-state index in [2.05, 4.69) is 66.7 Å². The molecule has 0 saturated heterocycles. The van der Waals surface area contributed by atoms with Crippen molar-refractivity contribution < 1.29 is 0 Å². The third-order valence-corrected chi connectivity index (χ3v) is 3.60. The largest absolute Gasteiger partial charge is 0.0843 e. The standard InChI is InChI=1S/C20H15Cl/c21-19-13-11-18(12-14-19)20(17-9-5-2-6-10-17)15-16-7-3-1-4-8-16/h1-15H/b20-15-. The second-order valence-electron chi connectivity index (χ2n) is 4.84. The fourth-order valence-corrected chi connectivity index (χ4v) is 2.42. The lowest BCUT2D eigenvalue weighted by Gasteiger charge is -2.09. The van der Waals surface area contributed by atoms with Gasteiger partial charge in [-0.05, 0) is 40.5 Å². The van der Waals surface area contributed by atoms with Crippen LogP contribution in [-0.2, 0) is 0 Å². The Balaban J connectivity index is 2.12. The maximum absolute atomic E-state index is 6.00. The van der Waals surface area contributed by atoms with E-state index < -0.39 is 0 Å². The average Bonchev–Trinajstić information content (AvgIpc) is 2.55. The van der Waals surface area contributed by atoms with Crippen molar-refractivity contribution in [1.82, 2.24) is 0 Å². The summed E-state index contributed by atoms with van der Waals surface area (Å²) in [5.74, 6) is 0. The fraction of sp³-hybridized carbons (Fsp3) is 0. The second kappa shape index (κ2) is 6.43. The summed E-state index contributed by atoms with van der Waals surface area (Å²) in [5, 5.41) is 0.755. The number of benzene rings is 3. The van der Waals surface area contributed by atoms with E-state index in [-0.39, 0.29) is 0 Å². The highest BCUT2D eigenvalue weighted by Gasteiger charge is 2.05. The first-order chi connectivity index (χ1) is 10.3. The van der Waals surface area contributed by atoms with Gasteiger partial charge in [-0.25, -0.2) is 0 Å². The Hall–Kier alpha value is -2.31. The summed E-state index contributed by atoms with van der Waals surface area (Å²) in [4.78, 5) is 0. The van der Waals surface area contributed by atoms with Gasteiger partial charge in [0.2, 0.25) is 0 Å². The number of rotatable bonds is 3. The van der Waals surface area contributed by atoms with Gasteiger partial charge < -0.3 is 0 Å². The molecule has 1 heteroatoms. The summed E-state index contributed by atoms with van der Waals surface area (Å²) in [6.07, 6.45) is 2.21. The SMILES string of the molecule is Clc1ccc(/C(=C\c2ccccc2)c2ccccc2)cc1. The molecule has 3 aromatic rings. The van der Waals surface area contributed by atoms with Crippen LogP contribution in [0.1, 0.15) is 16.7 Å². The highest BCUT2D eigenvalue weighted by molar-refractivity contribution is 6.30. The lowest BCUT2D eigenvalue weighted by Crippen LogP contribution is -1.88. The molecule has 0 aliphatic heterocycles. The molecule has 0 amide bonds. The van der Waals surface area contributed by atoms with Gasteiger partial charge in [-0.15, -0.1) is 0 Å². The molecule has 0 unspecified atom stereocenters. The van der Waals surface area contributed by atoms with E-state index in [1.165, 1.54) is 16.7 Å². The molecule has 0 bridgehead atoms. The normalized spacial score (nSPS) is 11.4. The average molecular weight is 291 g/mol. The van der Waals surface area contributed by atoms with Gasteiger partial charge in [-0.1, -0.05) is 84.4 Å². The van der Waals surface area contributed by atoms with Crippen molar-refractivity contribution in [2.45, 2.75) is 0 Å². The quantitative estimate of drug-likeness (QED) is 0.525. The minimum atomic E-state index is 0.755. The highest BCUT2D eigenvalue weighted by atomic mass is 35.5. The van der Waals surface area contributed by atoms with Crippen molar-refractivity contribution in [2.75, 3.05) is 0 Å². The number of hydrogen-bond acceptors (Lipinski definition) is 0. The predicted molar refractivity (Wildman–Crippen MR) is 91.3 cm³/mol. The Labute approximate surface area is 130 Å². The molecule has 0 saturated carbocycles. The first-order valence-electron chi connectivity index (χ1n) is 6.91. The Kier molecular flexibility index (Phi) is 4.18. The summed E-state index contributed by atoms with van der Waals surface area (Å²) >= 11 is 6.00. The third-order valence-electron chi connectivity index (χ3n) is 3.35. The van der Waals surface area contributed by atoms with Crippen LogP contribution in [0.4, 0.5) is 0 Å². The Bertz CT molecular complexity index is 726. The third kappa shape index (κ3) is 3.42. The topological polar surface area (TPSA) is 0 Å². The van der Waals surface area contributed by atoms with Crippen LogP contribution in [-0.4, -0.2) is 0 Å². The molecule has 21 heavy (non-hydrogen) atoms. The lowest BCUT2D eigenvalue weighted by atomic mass is 9.96. The van der Waals surface area contributed by atoms with Gasteiger partial charge in [0.1, 0.15) is 0 Å². The molecule has 0 heterocycles. The molecule has 0 N–H and O–H groups in total. The van der Waals surface area contributed by atoms with Crippen LogP contribution in [0, 0.1) is 0 Å². The van der Waals surface area contributed by atoms with Gasteiger partial charge in [0, 0.05) is 5.02 Å². The van der Waals surface area contributed by atoms with E-state index in [4.69, 9.17) is 11.6 Å². The van der Waals surface area contributed by atoms with E-state index in [0.717, 1.165) is 10.6 Å². The van der Waals surface area contributed by atoms with Crippen LogP contribution < -0.4 is 0 Å². The summed E-state index contributed by atoms with van der Waals surface area (Å²) in [6, 6.07) is 28.7. The molecule has 3 aromatic carbocycles. The van der Waals surface area contributed by atoms with E-state index in [1.54, 1.807) is 0 Å². The van der Waals surface area contributed by atoms with Gasteiger partial charge >= 0.3 is 0 Å². The summed E-state index contributed by atoms with van der Waals surface area (Å²) < 4.78 is 0. The molecule has 3 rings (SSSR count). The molecule has 0 spiro atoms. The van der Waals surface area contributed by atoms with E-state index in [9.17, 15) is 0 Å². The van der Waals surface area contributed by atoms with Crippen molar-refractivity contribution >= 4 is 23.3 Å². The zero-order valence-electron chi connectivity index (χ0n) is 11.5. The Morgan fingerprint density at radius 1 is 0.619 bits per heavy atom. The van der Waals surface area contributed by atoms with Crippen molar-refractivity contribution in [3.05, 3.63) is 107 Å². The minimum Gasteiger partial charge on any atom is -0.0843 e. The van der Waals surface area contributed by atoms with Crippen molar-refractivity contribution in [3.63, 3.8) is 0 Å². The van der Waals surface area contributed by atoms with Crippen LogP contribution in [0.5, 0.6) is 0 Å². The van der Waals surface area contributed by atoms with Crippen LogP contribution in [0.25, 0.3) is 11.6 Å². The fourth-order valence-electron chi connectivity index (χ4n) is 2.30. The summed E-state index contributed by atoms with van der Waals surface area (Å²) in [7, 11) is 0. The van der Waals surface area contributed by atoms with Crippen molar-refractivity contribution in [3.8, 4) is 0 Å². The molecular weight excluding hydrogens is 276 g/mol. The molecule has 0 aliphatic carbocycles. The molecule has 0 aromatic heterocycles. The molecular formula is C20H15Cl. The van der Waals surface area contributed by atoms with Crippen LogP contribution >= 0.6 is 11.6 Å². The lowest BCUT2D eigenvalue weighted by molar-refractivity contribution is 1.55. The van der Waals surface area contributed by atoms with E-state index in [0.29, 0.717) is 0 Å². The van der Waals surface area contributed by atoms with Gasteiger partial charge in [-0.2, -0.15) is 0 Å². The summed E-state index contributed by atoms with van der Waals surface area (Å²) in [6.45, 7) is 0. The first-order valence-corrected chi connectivity index (χ1v) is 7.29. The Morgan fingerprint density at radius 3 is 1.76 bits per heavy atom. The molecule has 0 nitrogen and oxygen atoms in total. The van der Waals surface area contributed by atoms with E-state index in [1.807, 2.05) is 24.3 Å². The maximum Gasteiger partial charge on any atom is 0.0406 e. The zero-order chi connectivity index (χ0) is 14.5. The smallest absolute Gasteiger partial charge is 0.0406 e. The van der Waals surface area contributed by atoms with Gasteiger partial charge in [0.25, 0.3) is 0 Å².